The number of hydrogen-bond acceptors (Lipinski definition) is 7. The Balaban J connectivity index is 1.29. The molecule has 1 saturated heterocycles. The zero-order valence-electron chi connectivity index (χ0n) is 15.2. The van der Waals surface area contributed by atoms with Gasteiger partial charge >= 0.3 is 0 Å². The van der Waals surface area contributed by atoms with Crippen LogP contribution in [-0.2, 0) is 0 Å². The summed E-state index contributed by atoms with van der Waals surface area (Å²) in [6.45, 7) is 5.80. The second-order valence-electron chi connectivity index (χ2n) is 6.69. The Labute approximate surface area is 156 Å². The van der Waals surface area contributed by atoms with Crippen LogP contribution in [0.1, 0.15) is 21.8 Å². The van der Waals surface area contributed by atoms with Crippen molar-refractivity contribution in [2.75, 3.05) is 24.5 Å². The van der Waals surface area contributed by atoms with Gasteiger partial charge in [-0.1, -0.05) is 5.16 Å². The summed E-state index contributed by atoms with van der Waals surface area (Å²) in [5.41, 5.74) is 2.96. The number of anilines is 1. The number of carbonyl (C=O) groups excluding carboxylic acids is 1. The molecule has 0 spiro atoms. The predicted molar refractivity (Wildman–Crippen MR) is 99.3 cm³/mol. The molecule has 138 valence electrons. The van der Waals surface area contributed by atoms with Gasteiger partial charge in [0.15, 0.2) is 5.82 Å². The molecular weight excluding hydrogens is 344 g/mol. The largest absolute Gasteiger partial charge is 0.361 e. The third-order valence-electron chi connectivity index (χ3n) is 4.72. The van der Waals surface area contributed by atoms with Crippen LogP contribution in [0.3, 0.4) is 0 Å². The molecule has 4 heterocycles. The summed E-state index contributed by atoms with van der Waals surface area (Å²) in [6, 6.07) is 7.75. The van der Waals surface area contributed by atoms with E-state index in [4.69, 9.17) is 4.52 Å². The topological polar surface area (TPSA) is 97.0 Å². The molecule has 0 radical (unpaired) electrons. The average Bonchev–Trinajstić information content (AvgIpc) is 3.00. The van der Waals surface area contributed by atoms with E-state index in [2.05, 4.69) is 30.6 Å². The van der Waals surface area contributed by atoms with Gasteiger partial charge in [-0.25, -0.2) is 0 Å². The summed E-state index contributed by atoms with van der Waals surface area (Å²) in [5, 5.41) is 15.4. The fourth-order valence-corrected chi connectivity index (χ4v) is 3.19. The fourth-order valence-electron chi connectivity index (χ4n) is 3.19. The zero-order chi connectivity index (χ0) is 18.8. The van der Waals surface area contributed by atoms with E-state index >= 15 is 0 Å². The lowest BCUT2D eigenvalue weighted by atomic mass is 10.00. The van der Waals surface area contributed by atoms with Crippen molar-refractivity contribution in [2.24, 2.45) is 5.92 Å². The van der Waals surface area contributed by atoms with Crippen LogP contribution in [0.15, 0.2) is 41.2 Å². The van der Waals surface area contributed by atoms with E-state index in [9.17, 15) is 4.79 Å². The lowest BCUT2D eigenvalue weighted by molar-refractivity contribution is 0.0942. The molecule has 3 aromatic heterocycles. The van der Waals surface area contributed by atoms with Crippen molar-refractivity contribution >= 4 is 11.7 Å². The first-order chi connectivity index (χ1) is 13.1. The minimum Gasteiger partial charge on any atom is -0.361 e. The highest BCUT2D eigenvalue weighted by atomic mass is 16.5. The summed E-state index contributed by atoms with van der Waals surface area (Å²) in [7, 11) is 0. The molecule has 1 aliphatic heterocycles. The summed E-state index contributed by atoms with van der Waals surface area (Å²) < 4.78 is 5.04. The number of nitrogens with one attached hydrogen (secondary N) is 1. The van der Waals surface area contributed by atoms with Gasteiger partial charge in [-0.05, 0) is 38.1 Å². The van der Waals surface area contributed by atoms with Gasteiger partial charge in [0.1, 0.15) is 11.3 Å². The van der Waals surface area contributed by atoms with Crippen LogP contribution in [0.2, 0.25) is 0 Å². The molecule has 1 amide bonds. The number of nitrogens with zero attached hydrogens (tertiary/aromatic N) is 5. The molecule has 4 rings (SSSR count). The Kier molecular flexibility index (Phi) is 4.53. The molecule has 0 saturated carbocycles. The lowest BCUT2D eigenvalue weighted by Crippen LogP contribution is -2.52. The van der Waals surface area contributed by atoms with Crippen molar-refractivity contribution in [3.05, 3.63) is 53.7 Å². The van der Waals surface area contributed by atoms with Crippen LogP contribution >= 0.6 is 0 Å². The van der Waals surface area contributed by atoms with Crippen LogP contribution in [0.25, 0.3) is 11.3 Å². The number of amides is 1. The molecule has 0 aliphatic carbocycles. The number of pyridine rings is 1. The molecule has 1 fully saturated rings. The first kappa shape index (κ1) is 17.1. The summed E-state index contributed by atoms with van der Waals surface area (Å²) >= 11 is 0. The summed E-state index contributed by atoms with van der Waals surface area (Å²) in [5.74, 6) is 1.65. The summed E-state index contributed by atoms with van der Waals surface area (Å²) in [4.78, 5) is 18.4. The number of hydrogen-bond donors (Lipinski definition) is 1. The second-order valence-corrected chi connectivity index (χ2v) is 6.69. The van der Waals surface area contributed by atoms with Crippen LogP contribution in [-0.4, -0.2) is 45.9 Å². The van der Waals surface area contributed by atoms with Crippen molar-refractivity contribution in [1.29, 1.82) is 0 Å². The minimum absolute atomic E-state index is 0.133. The normalized spacial score (nSPS) is 14.1. The molecule has 0 unspecified atom stereocenters. The van der Waals surface area contributed by atoms with E-state index < -0.39 is 0 Å². The molecule has 3 aromatic rings. The van der Waals surface area contributed by atoms with Crippen LogP contribution < -0.4 is 10.2 Å². The Morgan fingerprint density at radius 2 is 1.96 bits per heavy atom. The van der Waals surface area contributed by atoms with Crippen molar-refractivity contribution in [3.63, 3.8) is 0 Å². The first-order valence-electron chi connectivity index (χ1n) is 8.82. The predicted octanol–water partition coefficient (Wildman–Crippen LogP) is 2.01. The molecule has 8 nitrogen and oxygen atoms in total. The van der Waals surface area contributed by atoms with Gasteiger partial charge in [-0.3, -0.25) is 9.78 Å². The average molecular weight is 364 g/mol. The fraction of sp³-hybridized carbons (Fsp3) is 0.316. The summed E-state index contributed by atoms with van der Waals surface area (Å²) in [6.07, 6.45) is 3.48. The van der Waals surface area contributed by atoms with Gasteiger partial charge in [0.25, 0.3) is 5.91 Å². The molecule has 8 heteroatoms. The Morgan fingerprint density at radius 3 is 2.59 bits per heavy atom. The highest BCUT2D eigenvalue weighted by Crippen LogP contribution is 2.24. The van der Waals surface area contributed by atoms with Gasteiger partial charge in [0.05, 0.1) is 11.4 Å². The van der Waals surface area contributed by atoms with E-state index in [1.165, 1.54) is 0 Å². The Morgan fingerprint density at radius 1 is 1.19 bits per heavy atom. The third-order valence-corrected chi connectivity index (χ3v) is 4.72. The zero-order valence-corrected chi connectivity index (χ0v) is 15.2. The SMILES string of the molecule is Cc1noc(C)c1C(=O)NCC1CN(c2ccc(-c3ccncc3)nn2)C1. The molecule has 0 bridgehead atoms. The number of aryl methyl sites for hydroxylation is 2. The van der Waals surface area contributed by atoms with E-state index in [1.54, 1.807) is 26.2 Å². The van der Waals surface area contributed by atoms with Crippen molar-refractivity contribution in [1.82, 2.24) is 25.7 Å². The molecule has 0 aromatic carbocycles. The minimum atomic E-state index is -0.133. The van der Waals surface area contributed by atoms with Gasteiger partial charge in [-0.2, -0.15) is 0 Å². The number of carbonyl (C=O) groups is 1. The maximum Gasteiger partial charge on any atom is 0.256 e. The van der Waals surface area contributed by atoms with E-state index in [1.807, 2.05) is 24.3 Å². The highest BCUT2D eigenvalue weighted by Gasteiger charge is 2.29. The van der Waals surface area contributed by atoms with E-state index in [-0.39, 0.29) is 5.91 Å². The molecule has 27 heavy (non-hydrogen) atoms. The highest BCUT2D eigenvalue weighted by molar-refractivity contribution is 5.96. The smallest absolute Gasteiger partial charge is 0.256 e. The Hall–Kier alpha value is -3.29. The van der Waals surface area contributed by atoms with Crippen LogP contribution in [0, 0.1) is 19.8 Å². The van der Waals surface area contributed by atoms with Crippen molar-refractivity contribution in [2.45, 2.75) is 13.8 Å². The maximum absolute atomic E-state index is 12.3. The maximum atomic E-state index is 12.3. The molecule has 0 atom stereocenters. The number of aromatic nitrogens is 4. The van der Waals surface area contributed by atoms with Crippen molar-refractivity contribution < 1.29 is 9.32 Å². The van der Waals surface area contributed by atoms with Gasteiger partial charge < -0.3 is 14.7 Å². The van der Waals surface area contributed by atoms with Crippen LogP contribution in [0.5, 0.6) is 0 Å². The Bertz CT molecular complexity index is 913. The van der Waals surface area contributed by atoms with E-state index in [0.717, 1.165) is 30.2 Å². The number of rotatable bonds is 5. The van der Waals surface area contributed by atoms with Crippen LogP contribution in [0.4, 0.5) is 5.82 Å². The first-order valence-corrected chi connectivity index (χ1v) is 8.82. The molecule has 1 aliphatic rings. The van der Waals surface area contributed by atoms with E-state index in [0.29, 0.717) is 29.5 Å². The quantitative estimate of drug-likeness (QED) is 0.739. The monoisotopic (exact) mass is 364 g/mol. The molecular formula is C19H20N6O2. The lowest BCUT2D eigenvalue weighted by Gasteiger charge is -2.39. The van der Waals surface area contributed by atoms with Crippen molar-refractivity contribution in [3.8, 4) is 11.3 Å². The third kappa shape index (κ3) is 3.51. The van der Waals surface area contributed by atoms with Gasteiger partial charge in [-0.15, -0.1) is 10.2 Å². The second kappa shape index (κ2) is 7.14. The van der Waals surface area contributed by atoms with Gasteiger partial charge in [0, 0.05) is 43.5 Å². The van der Waals surface area contributed by atoms with Gasteiger partial charge in [0.2, 0.25) is 0 Å². The molecule has 1 N–H and O–H groups in total. The standard InChI is InChI=1S/C19H20N6O2/c1-12-18(13(2)27-24-12)19(26)21-9-14-10-25(11-14)17-4-3-16(22-23-17)15-5-7-20-8-6-15/h3-8,14H,9-11H2,1-2H3,(H,21,26).